The van der Waals surface area contributed by atoms with Crippen molar-refractivity contribution in [3.63, 3.8) is 0 Å². The lowest BCUT2D eigenvalue weighted by molar-refractivity contribution is 0.152. The lowest BCUT2D eigenvalue weighted by Crippen LogP contribution is -2.08. The van der Waals surface area contributed by atoms with Gasteiger partial charge < -0.3 is 5.11 Å². The molecule has 2 atom stereocenters. The predicted molar refractivity (Wildman–Crippen MR) is 28.7 cm³/mol. The lowest BCUT2D eigenvalue weighted by Gasteiger charge is -2.03. The topological polar surface area (TPSA) is 20.2 Å². The molecule has 0 aliphatic heterocycles. The minimum Gasteiger partial charge on any atom is -0.393 e. The summed E-state index contributed by atoms with van der Waals surface area (Å²) in [5.74, 6) is 0.319. The molecule has 1 rings (SSSR count). The summed E-state index contributed by atoms with van der Waals surface area (Å²) in [5, 5.41) is 8.94. The van der Waals surface area contributed by atoms with Gasteiger partial charge in [0.2, 0.25) is 0 Å². The zero-order valence-electron chi connectivity index (χ0n) is 4.43. The van der Waals surface area contributed by atoms with Gasteiger partial charge in [-0.15, -0.1) is 0 Å². The van der Waals surface area contributed by atoms with Gasteiger partial charge in [0.1, 0.15) is 0 Å². The quantitative estimate of drug-likeness (QED) is 0.480. The van der Waals surface area contributed by atoms with Crippen LogP contribution in [0, 0.1) is 12.8 Å². The standard InChI is InChI=1S/C6H11O/c1-5-3-2-4-6(5)7/h5-7H,1-4H2/t5-,6+/m1/s1. The third-order valence-corrected chi connectivity index (χ3v) is 1.62. The molecule has 0 spiro atoms. The second kappa shape index (κ2) is 1.83. The molecule has 1 saturated carbocycles. The Morgan fingerprint density at radius 1 is 1.43 bits per heavy atom. The van der Waals surface area contributed by atoms with E-state index in [4.69, 9.17) is 5.11 Å². The van der Waals surface area contributed by atoms with Gasteiger partial charge in [-0.2, -0.15) is 0 Å². The van der Waals surface area contributed by atoms with Crippen LogP contribution in [0.3, 0.4) is 0 Å². The van der Waals surface area contributed by atoms with Crippen molar-refractivity contribution in [3.05, 3.63) is 6.92 Å². The third-order valence-electron chi connectivity index (χ3n) is 1.62. The van der Waals surface area contributed by atoms with E-state index in [1.165, 1.54) is 0 Å². The van der Waals surface area contributed by atoms with Crippen molar-refractivity contribution in [3.8, 4) is 0 Å². The van der Waals surface area contributed by atoms with Crippen LogP contribution in [0.5, 0.6) is 0 Å². The van der Waals surface area contributed by atoms with Crippen LogP contribution in [-0.2, 0) is 0 Å². The molecule has 1 radical (unpaired) electrons. The average Bonchev–Trinajstić information content (AvgIpc) is 1.91. The highest BCUT2D eigenvalue weighted by Gasteiger charge is 2.19. The number of rotatable bonds is 0. The summed E-state index contributed by atoms with van der Waals surface area (Å²) in [6.07, 6.45) is 3.14. The Kier molecular flexibility index (Phi) is 1.33. The van der Waals surface area contributed by atoms with E-state index >= 15 is 0 Å². The molecule has 1 N–H and O–H groups in total. The Balaban J connectivity index is 2.33. The minimum atomic E-state index is -0.0972. The molecule has 1 nitrogen and oxygen atoms in total. The van der Waals surface area contributed by atoms with Crippen LogP contribution in [0.25, 0.3) is 0 Å². The maximum absolute atomic E-state index is 8.94. The molecular weight excluding hydrogens is 88.1 g/mol. The molecule has 1 aliphatic rings. The second-order valence-corrected chi connectivity index (χ2v) is 2.26. The van der Waals surface area contributed by atoms with E-state index < -0.39 is 0 Å². The van der Waals surface area contributed by atoms with Gasteiger partial charge in [0.15, 0.2) is 0 Å². The second-order valence-electron chi connectivity index (χ2n) is 2.26. The fourth-order valence-corrected chi connectivity index (χ4v) is 1.02. The Bertz CT molecular complexity index is 53.2. The van der Waals surface area contributed by atoms with E-state index in [9.17, 15) is 0 Å². The van der Waals surface area contributed by atoms with Gasteiger partial charge in [-0.3, -0.25) is 0 Å². The maximum atomic E-state index is 8.94. The van der Waals surface area contributed by atoms with E-state index in [1.54, 1.807) is 0 Å². The van der Waals surface area contributed by atoms with Crippen LogP contribution >= 0.6 is 0 Å². The van der Waals surface area contributed by atoms with Crippen molar-refractivity contribution in [2.24, 2.45) is 5.92 Å². The molecular formula is C6H11O. The highest BCUT2D eigenvalue weighted by Crippen LogP contribution is 2.23. The Morgan fingerprint density at radius 3 is 2.29 bits per heavy atom. The van der Waals surface area contributed by atoms with Gasteiger partial charge in [0, 0.05) is 0 Å². The van der Waals surface area contributed by atoms with Crippen LogP contribution in [0.4, 0.5) is 0 Å². The van der Waals surface area contributed by atoms with Crippen molar-refractivity contribution >= 4 is 0 Å². The number of aliphatic hydroxyl groups is 1. The van der Waals surface area contributed by atoms with Gasteiger partial charge in [-0.25, -0.2) is 0 Å². The summed E-state index contributed by atoms with van der Waals surface area (Å²) >= 11 is 0. The summed E-state index contributed by atoms with van der Waals surface area (Å²) in [6, 6.07) is 0. The van der Waals surface area contributed by atoms with Crippen LogP contribution in [0.1, 0.15) is 19.3 Å². The molecule has 0 heterocycles. The summed E-state index contributed by atoms with van der Waals surface area (Å²) in [4.78, 5) is 0. The predicted octanol–water partition coefficient (Wildman–Crippen LogP) is 0.981. The zero-order valence-corrected chi connectivity index (χ0v) is 4.43. The van der Waals surface area contributed by atoms with Gasteiger partial charge in [-0.05, 0) is 25.7 Å². The molecule has 41 valence electrons. The molecule has 1 aliphatic carbocycles. The summed E-state index contributed by atoms with van der Waals surface area (Å²) in [5.41, 5.74) is 0. The first-order valence-electron chi connectivity index (χ1n) is 2.82. The highest BCUT2D eigenvalue weighted by molar-refractivity contribution is 4.77. The molecule has 0 aromatic heterocycles. The fourth-order valence-electron chi connectivity index (χ4n) is 1.02. The average molecular weight is 99.2 g/mol. The van der Waals surface area contributed by atoms with Crippen LogP contribution in [0.2, 0.25) is 0 Å². The van der Waals surface area contributed by atoms with Crippen LogP contribution in [0.15, 0.2) is 0 Å². The smallest absolute Gasteiger partial charge is 0.0568 e. The fraction of sp³-hybridized carbons (Fsp3) is 0.833. The van der Waals surface area contributed by atoms with Crippen molar-refractivity contribution in [2.75, 3.05) is 0 Å². The largest absolute Gasteiger partial charge is 0.393 e. The summed E-state index contributed by atoms with van der Waals surface area (Å²) in [6.45, 7) is 3.77. The van der Waals surface area contributed by atoms with Gasteiger partial charge in [0.25, 0.3) is 0 Å². The van der Waals surface area contributed by atoms with E-state index in [0.29, 0.717) is 5.92 Å². The Labute approximate surface area is 44.4 Å². The van der Waals surface area contributed by atoms with E-state index in [-0.39, 0.29) is 6.10 Å². The van der Waals surface area contributed by atoms with Gasteiger partial charge in [0.05, 0.1) is 6.10 Å². The summed E-state index contributed by atoms with van der Waals surface area (Å²) < 4.78 is 0. The van der Waals surface area contributed by atoms with Crippen LogP contribution in [-0.4, -0.2) is 11.2 Å². The minimum absolute atomic E-state index is 0.0972. The van der Waals surface area contributed by atoms with Crippen molar-refractivity contribution in [2.45, 2.75) is 25.4 Å². The van der Waals surface area contributed by atoms with E-state index in [1.807, 2.05) is 0 Å². The monoisotopic (exact) mass is 99.1 g/mol. The molecule has 1 heteroatoms. The van der Waals surface area contributed by atoms with E-state index in [0.717, 1.165) is 19.3 Å². The van der Waals surface area contributed by atoms with Crippen molar-refractivity contribution in [1.29, 1.82) is 0 Å². The van der Waals surface area contributed by atoms with Crippen LogP contribution < -0.4 is 0 Å². The van der Waals surface area contributed by atoms with Gasteiger partial charge >= 0.3 is 0 Å². The zero-order chi connectivity index (χ0) is 5.28. The molecule has 0 bridgehead atoms. The number of aliphatic hydroxyl groups excluding tert-OH is 1. The first-order chi connectivity index (χ1) is 3.30. The SMILES string of the molecule is [CH2][C@@H]1CCC[C@@H]1O. The first kappa shape index (κ1) is 5.10. The highest BCUT2D eigenvalue weighted by atomic mass is 16.3. The van der Waals surface area contributed by atoms with E-state index in [2.05, 4.69) is 6.92 Å². The lowest BCUT2D eigenvalue weighted by atomic mass is 10.1. The number of hydrogen-bond acceptors (Lipinski definition) is 1. The maximum Gasteiger partial charge on any atom is 0.0568 e. The molecule has 0 unspecified atom stereocenters. The van der Waals surface area contributed by atoms with Crippen molar-refractivity contribution in [1.82, 2.24) is 0 Å². The molecule has 0 aromatic carbocycles. The molecule has 1 fully saturated rings. The Hall–Kier alpha value is -0.0400. The first-order valence-corrected chi connectivity index (χ1v) is 2.82. The molecule has 0 saturated heterocycles. The van der Waals surface area contributed by atoms with Gasteiger partial charge in [-0.1, -0.05) is 6.42 Å². The molecule has 0 aromatic rings. The van der Waals surface area contributed by atoms with Crippen molar-refractivity contribution < 1.29 is 5.11 Å². The molecule has 0 amide bonds. The molecule has 7 heavy (non-hydrogen) atoms. The Morgan fingerprint density at radius 2 is 2.14 bits per heavy atom. The normalized spacial score (nSPS) is 42.0. The summed E-state index contributed by atoms with van der Waals surface area (Å²) in [7, 11) is 0. The number of hydrogen-bond donors (Lipinski definition) is 1. The third kappa shape index (κ3) is 0.942.